The van der Waals surface area contributed by atoms with Gasteiger partial charge in [-0.25, -0.2) is 8.42 Å². The first-order chi connectivity index (χ1) is 13.8. The molecule has 156 valence electrons. The maximum atomic E-state index is 12.8. The predicted molar refractivity (Wildman–Crippen MR) is 110 cm³/mol. The summed E-state index contributed by atoms with van der Waals surface area (Å²) in [5.41, 5.74) is 1.58. The van der Waals surface area contributed by atoms with Crippen molar-refractivity contribution in [2.45, 2.75) is 44.3 Å². The molecule has 0 radical (unpaired) electrons. The fraction of sp³-hybridized carbons (Fsp3) is 0.500. The molecule has 0 aliphatic carbocycles. The van der Waals surface area contributed by atoms with Gasteiger partial charge in [-0.2, -0.15) is 9.82 Å². The molecule has 2 aromatic rings. The van der Waals surface area contributed by atoms with E-state index in [1.54, 1.807) is 18.2 Å². The normalized spacial score (nSPS) is 22.6. The minimum atomic E-state index is -3.52. The molecule has 1 saturated heterocycles. The Morgan fingerprint density at radius 2 is 1.97 bits per heavy atom. The summed E-state index contributed by atoms with van der Waals surface area (Å²) in [5.74, 6) is 0.106. The monoisotopic (exact) mass is 417 g/mol. The van der Waals surface area contributed by atoms with E-state index in [2.05, 4.69) is 15.1 Å². The molecular formula is C20H27N5O3S. The van der Waals surface area contributed by atoms with Gasteiger partial charge in [0.05, 0.1) is 30.0 Å². The van der Waals surface area contributed by atoms with E-state index in [1.165, 1.54) is 0 Å². The molecule has 2 N–H and O–H groups in total. The summed E-state index contributed by atoms with van der Waals surface area (Å²) in [7, 11) is -3.52. The van der Waals surface area contributed by atoms with E-state index in [0.717, 1.165) is 18.5 Å². The fourth-order valence-electron chi connectivity index (χ4n) is 4.15. The summed E-state index contributed by atoms with van der Waals surface area (Å²) in [6, 6.07) is 8.87. The highest BCUT2D eigenvalue weighted by Gasteiger charge is 2.36. The zero-order valence-electron chi connectivity index (χ0n) is 16.7. The molecule has 3 heterocycles. The number of para-hydroxylation sites is 1. The van der Waals surface area contributed by atoms with Crippen molar-refractivity contribution in [1.82, 2.24) is 19.4 Å². The van der Waals surface area contributed by atoms with Crippen LogP contribution < -0.4 is 10.0 Å². The number of nitrogens with one attached hydrogen (secondary N) is 2. The van der Waals surface area contributed by atoms with Crippen LogP contribution in [0.4, 0.5) is 5.69 Å². The van der Waals surface area contributed by atoms with Gasteiger partial charge in [0, 0.05) is 19.3 Å². The summed E-state index contributed by atoms with van der Waals surface area (Å²) >= 11 is 0. The Labute approximate surface area is 171 Å². The summed E-state index contributed by atoms with van der Waals surface area (Å²) in [6.45, 7) is 5.69. The van der Waals surface area contributed by atoms with Gasteiger partial charge in [-0.1, -0.05) is 19.1 Å². The number of benzene rings is 1. The molecule has 2 aliphatic rings. The number of hydrogen-bond donors (Lipinski definition) is 2. The van der Waals surface area contributed by atoms with Crippen molar-refractivity contribution >= 4 is 21.6 Å². The number of rotatable bonds is 4. The Bertz CT molecular complexity index is 995. The van der Waals surface area contributed by atoms with Gasteiger partial charge in [0.25, 0.3) is 0 Å². The fourth-order valence-corrected chi connectivity index (χ4v) is 5.54. The summed E-state index contributed by atoms with van der Waals surface area (Å²) in [4.78, 5) is 15.0. The van der Waals surface area contributed by atoms with Crippen molar-refractivity contribution in [2.24, 2.45) is 11.8 Å². The zero-order valence-corrected chi connectivity index (χ0v) is 17.5. The molecule has 8 nitrogen and oxygen atoms in total. The lowest BCUT2D eigenvalue weighted by atomic mass is 9.93. The molecule has 0 saturated carbocycles. The maximum absolute atomic E-state index is 12.8. The molecule has 29 heavy (non-hydrogen) atoms. The second-order valence-corrected chi connectivity index (χ2v) is 9.66. The average Bonchev–Trinajstić information content (AvgIpc) is 3.11. The van der Waals surface area contributed by atoms with Gasteiger partial charge in [0.15, 0.2) is 0 Å². The zero-order chi connectivity index (χ0) is 20.6. The van der Waals surface area contributed by atoms with Crippen LogP contribution in [0.5, 0.6) is 0 Å². The molecule has 1 aromatic heterocycles. The van der Waals surface area contributed by atoms with E-state index >= 15 is 0 Å². The number of carbonyl (C=O) groups is 1. The molecular weight excluding hydrogens is 390 g/mol. The number of anilines is 1. The predicted octanol–water partition coefficient (Wildman–Crippen LogP) is 1.80. The highest BCUT2D eigenvalue weighted by Crippen LogP contribution is 2.31. The second kappa shape index (κ2) is 7.79. The smallest absolute Gasteiger partial charge is 0.244 e. The first-order valence-corrected chi connectivity index (χ1v) is 11.5. The summed E-state index contributed by atoms with van der Waals surface area (Å²) in [6.07, 6.45) is 3.05. The van der Waals surface area contributed by atoms with Crippen molar-refractivity contribution < 1.29 is 13.2 Å². The Morgan fingerprint density at radius 3 is 2.66 bits per heavy atom. The number of piperidine rings is 1. The molecule has 0 spiro atoms. The second-order valence-electron chi connectivity index (χ2n) is 7.98. The minimum Gasteiger partial charge on any atom is -0.368 e. The van der Waals surface area contributed by atoms with Crippen molar-refractivity contribution in [2.75, 3.05) is 18.4 Å². The van der Waals surface area contributed by atoms with Crippen LogP contribution in [0.15, 0.2) is 41.4 Å². The van der Waals surface area contributed by atoms with Gasteiger partial charge in [-0.3, -0.25) is 9.48 Å². The number of sulfonamides is 1. The van der Waals surface area contributed by atoms with Crippen molar-refractivity contribution in [3.8, 4) is 0 Å². The highest BCUT2D eigenvalue weighted by molar-refractivity contribution is 7.89. The van der Waals surface area contributed by atoms with Gasteiger partial charge in [0.1, 0.15) is 4.90 Å². The van der Waals surface area contributed by atoms with Crippen LogP contribution in [0.1, 0.15) is 25.5 Å². The van der Waals surface area contributed by atoms with Gasteiger partial charge in [-0.15, -0.1) is 0 Å². The Kier molecular flexibility index (Phi) is 5.35. The van der Waals surface area contributed by atoms with Gasteiger partial charge in [-0.05, 0) is 43.9 Å². The Balaban J connectivity index is 1.35. The third-order valence-corrected chi connectivity index (χ3v) is 7.25. The molecule has 1 amide bonds. The number of nitrogens with zero attached hydrogens (tertiary/aromatic N) is 3. The van der Waals surface area contributed by atoms with Gasteiger partial charge in [0.2, 0.25) is 15.9 Å². The molecule has 2 atom stereocenters. The van der Waals surface area contributed by atoms with Crippen LogP contribution >= 0.6 is 0 Å². The van der Waals surface area contributed by atoms with Crippen LogP contribution in [0, 0.1) is 18.8 Å². The molecule has 4 rings (SSSR count). The number of likely N-dealkylation sites (tertiary alicyclic amines) is 1. The van der Waals surface area contributed by atoms with Crippen molar-refractivity contribution in [1.29, 1.82) is 0 Å². The first-order valence-electron chi connectivity index (χ1n) is 10.0. The standard InChI is InChI=1S/C20H27N5O3S/c1-14(13-25-12-7-15(2)22-25)20(26)24-10-8-16(9-11-24)19-21-17-5-3-4-6-18(17)29(27,28)23-19/h3-7,12,14,16,19,21,23H,8-11,13H2,1-2H3. The SMILES string of the molecule is Cc1ccn(CC(C)C(=O)N2CCC(C3Nc4ccccc4S(=O)(=O)N3)CC2)n1. The van der Waals surface area contributed by atoms with Crippen LogP contribution in [0.25, 0.3) is 0 Å². The van der Waals surface area contributed by atoms with E-state index in [-0.39, 0.29) is 28.8 Å². The third kappa shape index (κ3) is 4.16. The quantitative estimate of drug-likeness (QED) is 0.791. The Morgan fingerprint density at radius 1 is 1.24 bits per heavy atom. The van der Waals surface area contributed by atoms with Gasteiger partial charge < -0.3 is 10.2 Å². The average molecular weight is 418 g/mol. The minimum absolute atomic E-state index is 0.124. The van der Waals surface area contributed by atoms with Crippen LogP contribution in [-0.4, -0.2) is 48.3 Å². The van der Waals surface area contributed by atoms with E-state index in [1.807, 2.05) is 41.8 Å². The third-order valence-electron chi connectivity index (χ3n) is 5.75. The maximum Gasteiger partial charge on any atom is 0.244 e. The van der Waals surface area contributed by atoms with E-state index < -0.39 is 10.0 Å². The number of fused-ring (bicyclic) bond motifs is 1. The molecule has 1 aromatic carbocycles. The number of carbonyl (C=O) groups excluding carboxylic acids is 1. The number of hydrogen-bond acceptors (Lipinski definition) is 5. The Hall–Kier alpha value is -2.39. The molecule has 2 unspecified atom stereocenters. The number of aryl methyl sites for hydroxylation is 1. The largest absolute Gasteiger partial charge is 0.368 e. The van der Waals surface area contributed by atoms with Crippen molar-refractivity contribution in [3.05, 3.63) is 42.2 Å². The first kappa shape index (κ1) is 19.9. The molecule has 9 heteroatoms. The molecule has 1 fully saturated rings. The highest BCUT2D eigenvalue weighted by atomic mass is 32.2. The molecule has 0 bridgehead atoms. The topological polar surface area (TPSA) is 96.3 Å². The molecule has 2 aliphatic heterocycles. The summed E-state index contributed by atoms with van der Waals surface area (Å²) < 4.78 is 29.7. The lowest BCUT2D eigenvalue weighted by molar-refractivity contribution is -0.137. The van der Waals surface area contributed by atoms with E-state index in [0.29, 0.717) is 25.3 Å². The van der Waals surface area contributed by atoms with Crippen LogP contribution in [0.2, 0.25) is 0 Å². The lowest BCUT2D eigenvalue weighted by Crippen LogP contribution is -2.52. The summed E-state index contributed by atoms with van der Waals surface area (Å²) in [5, 5.41) is 7.67. The van der Waals surface area contributed by atoms with Gasteiger partial charge >= 0.3 is 0 Å². The number of amides is 1. The van der Waals surface area contributed by atoms with Crippen LogP contribution in [-0.2, 0) is 21.4 Å². The van der Waals surface area contributed by atoms with E-state index in [4.69, 9.17) is 0 Å². The van der Waals surface area contributed by atoms with Crippen molar-refractivity contribution in [3.63, 3.8) is 0 Å². The van der Waals surface area contributed by atoms with E-state index in [9.17, 15) is 13.2 Å². The lowest BCUT2D eigenvalue weighted by Gasteiger charge is -2.39. The number of aromatic nitrogens is 2. The van der Waals surface area contributed by atoms with Crippen LogP contribution in [0.3, 0.4) is 0 Å².